The number of aromatic amines is 1. The molecule has 0 unspecified atom stereocenters. The fourth-order valence-corrected chi connectivity index (χ4v) is 5.94. The predicted molar refractivity (Wildman–Crippen MR) is 128 cm³/mol. The second-order valence-corrected chi connectivity index (χ2v) is 9.18. The lowest BCUT2D eigenvalue weighted by Crippen LogP contribution is -2.61. The first-order valence-electron chi connectivity index (χ1n) is 11.9. The fraction of sp³-hybridized carbons (Fsp3) is 0.407. The molecule has 2 heterocycles. The maximum absolute atomic E-state index is 13.8. The Hall–Kier alpha value is -3.12. The van der Waals surface area contributed by atoms with Gasteiger partial charge in [-0.2, -0.15) is 0 Å². The van der Waals surface area contributed by atoms with Gasteiger partial charge >= 0.3 is 0 Å². The maximum Gasteiger partial charge on any atom is 0.254 e. The number of methoxy groups -OCH3 is 1. The first-order chi connectivity index (χ1) is 16.2. The number of carbonyl (C=O) groups is 2. The summed E-state index contributed by atoms with van der Waals surface area (Å²) < 4.78 is 5.32. The Labute approximate surface area is 194 Å². The van der Waals surface area contributed by atoms with Gasteiger partial charge in [-0.25, -0.2) is 0 Å². The van der Waals surface area contributed by atoms with Gasteiger partial charge in [0.25, 0.3) is 5.91 Å². The molecule has 5 rings (SSSR count). The fourth-order valence-electron chi connectivity index (χ4n) is 5.94. The third-order valence-corrected chi connectivity index (χ3v) is 7.44. The van der Waals surface area contributed by atoms with Crippen LogP contribution < -0.4 is 5.32 Å². The Bertz CT molecular complexity index is 1160. The number of aromatic nitrogens is 1. The molecule has 2 aliphatic rings. The molecule has 6 heteroatoms. The summed E-state index contributed by atoms with van der Waals surface area (Å²) in [6.45, 7) is 1.52. The predicted octanol–water partition coefficient (Wildman–Crippen LogP) is 4.03. The normalized spacial score (nSPS) is 19.2. The number of H-pyrrole nitrogens is 1. The van der Waals surface area contributed by atoms with E-state index in [9.17, 15) is 9.59 Å². The number of benzene rings is 2. The highest BCUT2D eigenvalue weighted by Crippen LogP contribution is 2.50. The summed E-state index contributed by atoms with van der Waals surface area (Å²) in [5.74, 6) is -0.333. The lowest BCUT2D eigenvalue weighted by Gasteiger charge is -2.50. The van der Waals surface area contributed by atoms with Crippen LogP contribution in [0.1, 0.15) is 53.1 Å². The zero-order valence-corrected chi connectivity index (χ0v) is 19.1. The number of amides is 2. The Morgan fingerprint density at radius 2 is 1.91 bits per heavy atom. The minimum Gasteiger partial charge on any atom is -0.383 e. The zero-order valence-electron chi connectivity index (χ0n) is 19.1. The van der Waals surface area contributed by atoms with Crippen molar-refractivity contribution in [1.82, 2.24) is 15.2 Å². The number of hydrogen-bond donors (Lipinski definition) is 2. The van der Waals surface area contributed by atoms with Crippen LogP contribution in [0.25, 0.3) is 10.9 Å². The molecule has 1 spiro atoms. The monoisotopic (exact) mass is 445 g/mol. The van der Waals surface area contributed by atoms with Crippen molar-refractivity contribution in [3.63, 3.8) is 0 Å². The molecule has 33 heavy (non-hydrogen) atoms. The highest BCUT2D eigenvalue weighted by Gasteiger charge is 2.55. The van der Waals surface area contributed by atoms with Crippen LogP contribution >= 0.6 is 0 Å². The number of carbonyl (C=O) groups excluding carboxylic acids is 2. The molecular formula is C27H31N3O3. The van der Waals surface area contributed by atoms with Crippen LogP contribution in [0.15, 0.2) is 54.7 Å². The summed E-state index contributed by atoms with van der Waals surface area (Å²) in [7, 11) is 1.65. The van der Waals surface area contributed by atoms with Crippen LogP contribution in [0.3, 0.4) is 0 Å². The molecule has 0 saturated heterocycles. The molecule has 2 aromatic carbocycles. The van der Waals surface area contributed by atoms with E-state index in [4.69, 9.17) is 4.74 Å². The summed E-state index contributed by atoms with van der Waals surface area (Å²) in [4.78, 5) is 32.5. The van der Waals surface area contributed by atoms with E-state index in [0.29, 0.717) is 25.3 Å². The van der Waals surface area contributed by atoms with E-state index in [1.165, 1.54) is 10.9 Å². The SMILES string of the molecule is COCCN1C(=O)c2ccccc2[C@H](C(=O)NCCc2c[nH]c3ccccc23)C12CCCC2. The average Bonchev–Trinajstić information content (AvgIpc) is 3.47. The Kier molecular flexibility index (Phi) is 5.94. The Morgan fingerprint density at radius 1 is 1.15 bits per heavy atom. The van der Waals surface area contributed by atoms with Crippen LogP contribution in [-0.2, 0) is 16.0 Å². The number of ether oxygens (including phenoxy) is 1. The second-order valence-electron chi connectivity index (χ2n) is 9.18. The largest absolute Gasteiger partial charge is 0.383 e. The van der Waals surface area contributed by atoms with E-state index < -0.39 is 5.54 Å². The van der Waals surface area contributed by atoms with Crippen LogP contribution in [0.4, 0.5) is 0 Å². The highest BCUT2D eigenvalue weighted by atomic mass is 16.5. The standard InChI is InChI=1S/C27H31N3O3/c1-33-17-16-30-26(32)22-10-3-2-9-21(22)24(27(30)13-6-7-14-27)25(31)28-15-12-19-18-29-23-11-5-4-8-20(19)23/h2-5,8-11,18,24,29H,6-7,12-17H2,1H3,(H,28,31)/t24-/m1/s1. The molecule has 172 valence electrons. The molecule has 1 aromatic heterocycles. The van der Waals surface area contributed by atoms with Gasteiger partial charge in [0.15, 0.2) is 0 Å². The van der Waals surface area contributed by atoms with Crippen molar-refractivity contribution in [3.05, 3.63) is 71.4 Å². The average molecular weight is 446 g/mol. The molecule has 2 amide bonds. The molecule has 0 bridgehead atoms. The van der Waals surface area contributed by atoms with Crippen molar-refractivity contribution in [2.45, 2.75) is 43.6 Å². The van der Waals surface area contributed by atoms with Crippen molar-refractivity contribution in [3.8, 4) is 0 Å². The molecule has 1 aliphatic heterocycles. The van der Waals surface area contributed by atoms with Crippen molar-refractivity contribution in [1.29, 1.82) is 0 Å². The number of nitrogens with zero attached hydrogens (tertiary/aromatic N) is 1. The third-order valence-electron chi connectivity index (χ3n) is 7.44. The lowest BCUT2D eigenvalue weighted by molar-refractivity contribution is -0.126. The summed E-state index contributed by atoms with van der Waals surface area (Å²) in [6, 6.07) is 15.8. The second kappa shape index (κ2) is 9.02. The van der Waals surface area contributed by atoms with Gasteiger partial charge in [0.2, 0.25) is 5.91 Å². The molecule has 1 saturated carbocycles. The smallest absolute Gasteiger partial charge is 0.254 e. The Balaban J connectivity index is 1.42. The molecular weight excluding hydrogens is 414 g/mol. The first-order valence-corrected chi connectivity index (χ1v) is 11.9. The van der Waals surface area contributed by atoms with Crippen LogP contribution in [0.2, 0.25) is 0 Å². The topological polar surface area (TPSA) is 74.4 Å². The first kappa shape index (κ1) is 21.7. The number of nitrogens with one attached hydrogen (secondary N) is 2. The maximum atomic E-state index is 13.8. The van der Waals surface area contributed by atoms with E-state index in [2.05, 4.69) is 22.4 Å². The van der Waals surface area contributed by atoms with Crippen molar-refractivity contribution < 1.29 is 14.3 Å². The number of fused-ring (bicyclic) bond motifs is 2. The van der Waals surface area contributed by atoms with Gasteiger partial charge in [0.05, 0.1) is 18.1 Å². The van der Waals surface area contributed by atoms with E-state index in [-0.39, 0.29) is 17.7 Å². The number of rotatable bonds is 7. The van der Waals surface area contributed by atoms with Gasteiger partial charge in [-0.05, 0) is 42.5 Å². The minimum atomic E-state index is -0.477. The molecule has 3 aromatic rings. The molecule has 1 fully saturated rings. The summed E-state index contributed by atoms with van der Waals surface area (Å²) in [6.07, 6.45) is 6.52. The number of hydrogen-bond acceptors (Lipinski definition) is 3. The van der Waals surface area contributed by atoms with Crippen LogP contribution in [0.5, 0.6) is 0 Å². The van der Waals surface area contributed by atoms with E-state index in [1.54, 1.807) is 7.11 Å². The lowest BCUT2D eigenvalue weighted by atomic mass is 9.71. The quantitative estimate of drug-likeness (QED) is 0.577. The molecule has 1 atom stereocenters. The molecule has 1 aliphatic carbocycles. The van der Waals surface area contributed by atoms with E-state index >= 15 is 0 Å². The van der Waals surface area contributed by atoms with Gasteiger partial charge in [0, 0.05) is 42.9 Å². The summed E-state index contributed by atoms with van der Waals surface area (Å²) >= 11 is 0. The summed E-state index contributed by atoms with van der Waals surface area (Å²) in [5, 5.41) is 4.41. The molecule has 0 radical (unpaired) electrons. The van der Waals surface area contributed by atoms with Gasteiger partial charge in [-0.1, -0.05) is 49.2 Å². The third kappa shape index (κ3) is 3.72. The van der Waals surface area contributed by atoms with Crippen LogP contribution in [0, 0.1) is 0 Å². The van der Waals surface area contributed by atoms with E-state index in [1.807, 2.05) is 47.5 Å². The highest BCUT2D eigenvalue weighted by molar-refractivity contribution is 6.02. The van der Waals surface area contributed by atoms with Crippen molar-refractivity contribution >= 4 is 22.7 Å². The number of para-hydroxylation sites is 1. The Morgan fingerprint density at radius 3 is 2.73 bits per heavy atom. The van der Waals surface area contributed by atoms with Crippen molar-refractivity contribution in [2.24, 2.45) is 0 Å². The van der Waals surface area contributed by atoms with Crippen LogP contribution in [-0.4, -0.2) is 54.0 Å². The zero-order chi connectivity index (χ0) is 22.8. The van der Waals surface area contributed by atoms with Gasteiger partial charge in [-0.3, -0.25) is 9.59 Å². The van der Waals surface area contributed by atoms with E-state index in [0.717, 1.165) is 43.2 Å². The van der Waals surface area contributed by atoms with Gasteiger partial charge < -0.3 is 19.9 Å². The van der Waals surface area contributed by atoms with Gasteiger partial charge in [0.1, 0.15) is 0 Å². The van der Waals surface area contributed by atoms with Gasteiger partial charge in [-0.15, -0.1) is 0 Å². The van der Waals surface area contributed by atoms with Crippen molar-refractivity contribution in [2.75, 3.05) is 26.8 Å². The minimum absolute atomic E-state index is 0.0131. The molecule has 2 N–H and O–H groups in total. The summed E-state index contributed by atoms with van der Waals surface area (Å²) in [5.41, 5.74) is 3.33. The molecule has 6 nitrogen and oxygen atoms in total.